The van der Waals surface area contributed by atoms with Gasteiger partial charge in [-0.2, -0.15) is 0 Å². The molecular weight excluding hydrogens is 311 g/mol. The standard InChI is InChI=1S/C15H16Cl2N2O2/c1-20-14-7-10(5-11(16)15(14)21-2)13(18)6-9-3-4-19-8-12(9)17/h3-5,7-8,13H,6,18H2,1-2H3. The summed E-state index contributed by atoms with van der Waals surface area (Å²) in [6.45, 7) is 0. The van der Waals surface area contributed by atoms with Crippen molar-refractivity contribution in [1.82, 2.24) is 4.98 Å². The van der Waals surface area contributed by atoms with Crippen molar-refractivity contribution < 1.29 is 9.47 Å². The van der Waals surface area contributed by atoms with Crippen LogP contribution in [0.2, 0.25) is 10.0 Å². The lowest BCUT2D eigenvalue weighted by Crippen LogP contribution is -2.14. The van der Waals surface area contributed by atoms with Crippen molar-refractivity contribution >= 4 is 23.2 Å². The summed E-state index contributed by atoms with van der Waals surface area (Å²) in [5.41, 5.74) is 8.03. The van der Waals surface area contributed by atoms with Crippen molar-refractivity contribution in [2.75, 3.05) is 14.2 Å². The second-order valence-corrected chi connectivity index (χ2v) is 5.33. The Balaban J connectivity index is 2.29. The lowest BCUT2D eigenvalue weighted by molar-refractivity contribution is 0.354. The Morgan fingerprint density at radius 1 is 1.19 bits per heavy atom. The van der Waals surface area contributed by atoms with Crippen LogP contribution in [-0.4, -0.2) is 19.2 Å². The molecule has 0 aliphatic heterocycles. The Bertz CT molecular complexity index is 635. The quantitative estimate of drug-likeness (QED) is 0.911. The van der Waals surface area contributed by atoms with E-state index in [1.807, 2.05) is 12.1 Å². The zero-order valence-corrected chi connectivity index (χ0v) is 13.3. The molecule has 1 atom stereocenters. The van der Waals surface area contributed by atoms with E-state index in [1.54, 1.807) is 32.7 Å². The molecule has 21 heavy (non-hydrogen) atoms. The van der Waals surface area contributed by atoms with Crippen molar-refractivity contribution in [1.29, 1.82) is 0 Å². The van der Waals surface area contributed by atoms with Gasteiger partial charge in [0.15, 0.2) is 11.5 Å². The van der Waals surface area contributed by atoms with E-state index in [9.17, 15) is 0 Å². The maximum Gasteiger partial charge on any atom is 0.179 e. The molecule has 2 rings (SSSR count). The fraction of sp³-hybridized carbons (Fsp3) is 0.267. The molecule has 1 heterocycles. The molecule has 4 nitrogen and oxygen atoms in total. The first-order chi connectivity index (χ1) is 10.1. The van der Waals surface area contributed by atoms with Crippen LogP contribution in [0.25, 0.3) is 0 Å². The number of hydrogen-bond acceptors (Lipinski definition) is 4. The van der Waals surface area contributed by atoms with E-state index in [-0.39, 0.29) is 6.04 Å². The van der Waals surface area contributed by atoms with E-state index in [0.29, 0.717) is 28.0 Å². The van der Waals surface area contributed by atoms with Crippen LogP contribution >= 0.6 is 23.2 Å². The van der Waals surface area contributed by atoms with Gasteiger partial charge in [-0.05, 0) is 35.7 Å². The van der Waals surface area contributed by atoms with Crippen LogP contribution in [0.4, 0.5) is 0 Å². The Morgan fingerprint density at radius 3 is 2.57 bits per heavy atom. The predicted octanol–water partition coefficient (Wildman–Crippen LogP) is 3.65. The molecule has 0 bridgehead atoms. The minimum absolute atomic E-state index is 0.262. The number of rotatable bonds is 5. The molecule has 0 saturated heterocycles. The maximum absolute atomic E-state index is 6.25. The molecule has 1 unspecified atom stereocenters. The second kappa shape index (κ2) is 6.98. The molecule has 1 aromatic carbocycles. The first-order valence-corrected chi connectivity index (χ1v) is 7.07. The second-order valence-electron chi connectivity index (χ2n) is 4.52. The number of aromatic nitrogens is 1. The summed E-state index contributed by atoms with van der Waals surface area (Å²) in [5.74, 6) is 1.05. The number of benzene rings is 1. The molecule has 0 fully saturated rings. The topological polar surface area (TPSA) is 57.4 Å². The van der Waals surface area contributed by atoms with E-state index in [0.717, 1.165) is 11.1 Å². The number of halogens is 2. The number of methoxy groups -OCH3 is 2. The number of nitrogens with zero attached hydrogens (tertiary/aromatic N) is 1. The molecule has 6 heteroatoms. The number of nitrogens with two attached hydrogens (primary N) is 1. The Hall–Kier alpha value is -1.49. The summed E-state index contributed by atoms with van der Waals surface area (Å²) in [7, 11) is 3.10. The molecule has 0 amide bonds. The van der Waals surface area contributed by atoms with Crippen molar-refractivity contribution in [3.8, 4) is 11.5 Å². The molecule has 1 aromatic heterocycles. The summed E-state index contributed by atoms with van der Waals surface area (Å²) in [5, 5.41) is 1.06. The van der Waals surface area contributed by atoms with Crippen LogP contribution in [0.1, 0.15) is 17.2 Å². The third-order valence-electron chi connectivity index (χ3n) is 3.18. The van der Waals surface area contributed by atoms with Crippen LogP contribution in [0.5, 0.6) is 11.5 Å². The van der Waals surface area contributed by atoms with Gasteiger partial charge in [0.05, 0.1) is 24.3 Å². The summed E-state index contributed by atoms with van der Waals surface area (Å²) >= 11 is 12.3. The van der Waals surface area contributed by atoms with Gasteiger partial charge < -0.3 is 15.2 Å². The summed E-state index contributed by atoms with van der Waals surface area (Å²) in [4.78, 5) is 3.96. The highest BCUT2D eigenvalue weighted by Gasteiger charge is 2.16. The van der Waals surface area contributed by atoms with E-state index < -0.39 is 0 Å². The minimum atomic E-state index is -0.262. The van der Waals surface area contributed by atoms with Gasteiger partial charge in [0.2, 0.25) is 0 Å². The van der Waals surface area contributed by atoms with Crippen LogP contribution in [-0.2, 0) is 6.42 Å². The van der Waals surface area contributed by atoms with E-state index >= 15 is 0 Å². The molecular formula is C15H16Cl2N2O2. The third-order valence-corrected chi connectivity index (χ3v) is 3.80. The number of hydrogen-bond donors (Lipinski definition) is 1. The highest BCUT2D eigenvalue weighted by atomic mass is 35.5. The molecule has 0 aliphatic rings. The van der Waals surface area contributed by atoms with Crippen LogP contribution in [0.15, 0.2) is 30.6 Å². The normalized spacial score (nSPS) is 12.0. The molecule has 0 radical (unpaired) electrons. The van der Waals surface area contributed by atoms with E-state index in [2.05, 4.69) is 4.98 Å². The molecule has 2 N–H and O–H groups in total. The van der Waals surface area contributed by atoms with Crippen molar-refractivity contribution in [3.63, 3.8) is 0 Å². The Labute approximate surface area is 133 Å². The molecule has 0 spiro atoms. The fourth-order valence-electron chi connectivity index (χ4n) is 2.08. The SMILES string of the molecule is COc1cc(C(N)Cc2ccncc2Cl)cc(Cl)c1OC. The number of pyridine rings is 1. The van der Waals surface area contributed by atoms with Crippen LogP contribution < -0.4 is 15.2 Å². The lowest BCUT2D eigenvalue weighted by atomic mass is 10.00. The van der Waals surface area contributed by atoms with E-state index in [4.69, 9.17) is 38.4 Å². The van der Waals surface area contributed by atoms with Gasteiger partial charge in [0.1, 0.15) is 0 Å². The monoisotopic (exact) mass is 326 g/mol. The lowest BCUT2D eigenvalue weighted by Gasteiger charge is -2.17. The molecule has 112 valence electrons. The average Bonchev–Trinajstić information content (AvgIpc) is 2.48. The minimum Gasteiger partial charge on any atom is -0.493 e. The van der Waals surface area contributed by atoms with Crippen molar-refractivity contribution in [2.45, 2.75) is 12.5 Å². The van der Waals surface area contributed by atoms with Crippen LogP contribution in [0, 0.1) is 0 Å². The zero-order chi connectivity index (χ0) is 15.4. The molecule has 0 aliphatic carbocycles. The van der Waals surface area contributed by atoms with Crippen molar-refractivity contribution in [2.24, 2.45) is 5.73 Å². The van der Waals surface area contributed by atoms with Gasteiger partial charge >= 0.3 is 0 Å². The Kier molecular flexibility index (Phi) is 5.28. The molecule has 2 aromatic rings. The van der Waals surface area contributed by atoms with Gasteiger partial charge in [0, 0.05) is 18.4 Å². The van der Waals surface area contributed by atoms with Gasteiger partial charge in [-0.15, -0.1) is 0 Å². The van der Waals surface area contributed by atoms with E-state index in [1.165, 1.54) is 0 Å². The third kappa shape index (κ3) is 3.59. The number of ether oxygens (including phenoxy) is 2. The zero-order valence-electron chi connectivity index (χ0n) is 11.8. The summed E-state index contributed by atoms with van der Waals surface area (Å²) < 4.78 is 10.5. The maximum atomic E-state index is 6.25. The average molecular weight is 327 g/mol. The van der Waals surface area contributed by atoms with Gasteiger partial charge in [-0.25, -0.2) is 0 Å². The highest BCUT2D eigenvalue weighted by molar-refractivity contribution is 6.32. The summed E-state index contributed by atoms with van der Waals surface area (Å²) in [6, 6.07) is 5.19. The first-order valence-electron chi connectivity index (χ1n) is 6.32. The largest absolute Gasteiger partial charge is 0.493 e. The van der Waals surface area contributed by atoms with Crippen LogP contribution in [0.3, 0.4) is 0 Å². The van der Waals surface area contributed by atoms with Gasteiger partial charge in [-0.3, -0.25) is 4.98 Å². The first kappa shape index (κ1) is 15.9. The van der Waals surface area contributed by atoms with Gasteiger partial charge in [-0.1, -0.05) is 23.2 Å². The fourth-order valence-corrected chi connectivity index (χ4v) is 2.57. The summed E-state index contributed by atoms with van der Waals surface area (Å²) in [6.07, 6.45) is 3.87. The molecule has 0 saturated carbocycles. The van der Waals surface area contributed by atoms with Gasteiger partial charge in [0.25, 0.3) is 0 Å². The highest BCUT2D eigenvalue weighted by Crippen LogP contribution is 2.37. The predicted molar refractivity (Wildman–Crippen MR) is 84.4 cm³/mol. The van der Waals surface area contributed by atoms with Crippen molar-refractivity contribution in [3.05, 3.63) is 51.8 Å². The Morgan fingerprint density at radius 2 is 1.95 bits per heavy atom. The smallest absolute Gasteiger partial charge is 0.179 e.